The van der Waals surface area contributed by atoms with Crippen molar-refractivity contribution < 1.29 is 9.53 Å². The van der Waals surface area contributed by atoms with Crippen LogP contribution in [0.2, 0.25) is 0 Å². The van der Waals surface area contributed by atoms with Gasteiger partial charge >= 0.3 is 6.09 Å². The molecular weight excluding hydrogens is 192 g/mol. The van der Waals surface area contributed by atoms with E-state index in [1.807, 2.05) is 25.7 Å². The molecule has 1 saturated heterocycles. The minimum absolute atomic E-state index is 0.210. The van der Waals surface area contributed by atoms with E-state index in [1.54, 1.807) is 4.90 Å². The molecule has 1 aliphatic rings. The number of ether oxygens (including phenoxy) is 1. The zero-order valence-corrected chi connectivity index (χ0v) is 9.95. The summed E-state index contributed by atoms with van der Waals surface area (Å²) in [6.45, 7) is 8.89. The Morgan fingerprint density at radius 3 is 2.47 bits per heavy atom. The summed E-state index contributed by atoms with van der Waals surface area (Å²) >= 11 is 0. The van der Waals surface area contributed by atoms with Crippen LogP contribution in [0.5, 0.6) is 0 Å². The number of amides is 1. The number of carbonyl (C=O) groups excluding carboxylic acids is 1. The molecular formula is C11H21N2O2. The first-order valence-corrected chi connectivity index (χ1v) is 5.42. The second-order valence-electron chi connectivity index (χ2n) is 4.94. The van der Waals surface area contributed by atoms with E-state index in [0.29, 0.717) is 6.54 Å². The fraction of sp³-hybridized carbons (Fsp3) is 0.818. The SMILES string of the molecule is [CH2]N1CCCN(C(=O)OC(C)(C)C)CC1. The Morgan fingerprint density at radius 1 is 1.20 bits per heavy atom. The van der Waals surface area contributed by atoms with E-state index in [4.69, 9.17) is 4.74 Å². The lowest BCUT2D eigenvalue weighted by atomic mass is 10.2. The monoisotopic (exact) mass is 213 g/mol. The molecule has 1 heterocycles. The molecule has 0 bridgehead atoms. The molecule has 1 amide bonds. The quantitative estimate of drug-likeness (QED) is 0.614. The van der Waals surface area contributed by atoms with Gasteiger partial charge in [-0.3, -0.25) is 0 Å². The van der Waals surface area contributed by atoms with E-state index in [2.05, 4.69) is 7.05 Å². The highest BCUT2D eigenvalue weighted by molar-refractivity contribution is 5.68. The van der Waals surface area contributed by atoms with E-state index < -0.39 is 5.60 Å². The summed E-state index contributed by atoms with van der Waals surface area (Å²) in [4.78, 5) is 15.5. The van der Waals surface area contributed by atoms with Gasteiger partial charge in [-0.15, -0.1) is 0 Å². The summed E-state index contributed by atoms with van der Waals surface area (Å²) in [6.07, 6.45) is 0.751. The minimum atomic E-state index is -0.409. The Morgan fingerprint density at radius 2 is 1.87 bits per heavy atom. The van der Waals surface area contributed by atoms with Gasteiger partial charge in [-0.05, 0) is 33.7 Å². The molecule has 0 aromatic heterocycles. The standard InChI is InChI=1S/C11H21N2O2/c1-11(2,3)15-10(14)13-7-5-6-12(4)8-9-13/h4-9H2,1-3H3. The Labute approximate surface area is 92.2 Å². The summed E-state index contributed by atoms with van der Waals surface area (Å²) in [7, 11) is 3.88. The fourth-order valence-corrected chi connectivity index (χ4v) is 1.48. The number of rotatable bonds is 0. The first-order valence-electron chi connectivity index (χ1n) is 5.42. The molecule has 1 rings (SSSR count). The normalized spacial score (nSPS) is 19.9. The molecule has 0 spiro atoms. The van der Waals surface area contributed by atoms with Gasteiger partial charge in [0.25, 0.3) is 0 Å². The lowest BCUT2D eigenvalue weighted by Gasteiger charge is -2.26. The Kier molecular flexibility index (Phi) is 3.97. The van der Waals surface area contributed by atoms with E-state index in [1.165, 1.54) is 0 Å². The largest absolute Gasteiger partial charge is 0.444 e. The maximum absolute atomic E-state index is 11.7. The van der Waals surface area contributed by atoms with Crippen molar-refractivity contribution in [1.82, 2.24) is 9.80 Å². The Balaban J connectivity index is 2.45. The molecule has 4 heteroatoms. The molecule has 15 heavy (non-hydrogen) atoms. The molecule has 0 N–H and O–H groups in total. The zero-order chi connectivity index (χ0) is 11.5. The Bertz CT molecular complexity index is 223. The topological polar surface area (TPSA) is 32.8 Å². The predicted molar refractivity (Wildman–Crippen MR) is 59.4 cm³/mol. The van der Waals surface area contributed by atoms with E-state index >= 15 is 0 Å². The van der Waals surface area contributed by atoms with Crippen LogP contribution in [0.4, 0.5) is 4.79 Å². The molecule has 1 radical (unpaired) electrons. The van der Waals surface area contributed by atoms with Crippen molar-refractivity contribution in [2.45, 2.75) is 32.8 Å². The first-order chi connectivity index (χ1) is 6.88. The van der Waals surface area contributed by atoms with Gasteiger partial charge < -0.3 is 14.5 Å². The van der Waals surface area contributed by atoms with Gasteiger partial charge in [0.1, 0.15) is 5.60 Å². The highest BCUT2D eigenvalue weighted by atomic mass is 16.6. The third-order valence-corrected chi connectivity index (χ3v) is 2.24. The van der Waals surface area contributed by atoms with Crippen molar-refractivity contribution in [3.63, 3.8) is 0 Å². The van der Waals surface area contributed by atoms with Crippen LogP contribution < -0.4 is 0 Å². The average Bonchev–Trinajstić information content (AvgIpc) is 2.26. The number of nitrogens with zero attached hydrogens (tertiary/aromatic N) is 2. The minimum Gasteiger partial charge on any atom is -0.444 e. The van der Waals surface area contributed by atoms with Crippen LogP contribution in [0, 0.1) is 7.05 Å². The van der Waals surface area contributed by atoms with Gasteiger partial charge in [-0.25, -0.2) is 4.79 Å². The van der Waals surface area contributed by atoms with E-state index in [0.717, 1.165) is 26.1 Å². The van der Waals surface area contributed by atoms with Crippen LogP contribution in [0.1, 0.15) is 27.2 Å². The molecule has 0 unspecified atom stereocenters. The van der Waals surface area contributed by atoms with Crippen molar-refractivity contribution in [3.8, 4) is 0 Å². The van der Waals surface area contributed by atoms with Crippen molar-refractivity contribution >= 4 is 6.09 Å². The fourth-order valence-electron chi connectivity index (χ4n) is 1.48. The zero-order valence-electron chi connectivity index (χ0n) is 9.95. The highest BCUT2D eigenvalue weighted by Crippen LogP contribution is 2.11. The van der Waals surface area contributed by atoms with E-state index in [9.17, 15) is 4.79 Å². The van der Waals surface area contributed by atoms with E-state index in [-0.39, 0.29) is 6.09 Å². The lowest BCUT2D eigenvalue weighted by Crippen LogP contribution is -2.38. The summed E-state index contributed by atoms with van der Waals surface area (Å²) < 4.78 is 5.32. The van der Waals surface area contributed by atoms with Crippen LogP contribution >= 0.6 is 0 Å². The summed E-state index contributed by atoms with van der Waals surface area (Å²) in [5.41, 5.74) is -0.409. The highest BCUT2D eigenvalue weighted by Gasteiger charge is 2.23. The smallest absolute Gasteiger partial charge is 0.410 e. The van der Waals surface area contributed by atoms with Crippen molar-refractivity contribution in [2.24, 2.45) is 0 Å². The molecule has 0 aromatic rings. The number of hydrogen-bond donors (Lipinski definition) is 0. The third kappa shape index (κ3) is 4.51. The predicted octanol–water partition coefficient (Wildman–Crippen LogP) is 1.72. The van der Waals surface area contributed by atoms with Crippen LogP contribution in [0.3, 0.4) is 0 Å². The van der Waals surface area contributed by atoms with Crippen LogP contribution in [0.25, 0.3) is 0 Å². The maximum Gasteiger partial charge on any atom is 0.410 e. The molecule has 0 atom stereocenters. The molecule has 87 valence electrons. The van der Waals surface area contributed by atoms with Crippen molar-refractivity contribution in [3.05, 3.63) is 7.05 Å². The van der Waals surface area contributed by atoms with Crippen molar-refractivity contribution in [2.75, 3.05) is 26.2 Å². The molecule has 0 aliphatic carbocycles. The molecule has 0 saturated carbocycles. The molecule has 0 aromatic carbocycles. The number of hydrogen-bond acceptors (Lipinski definition) is 3. The van der Waals surface area contributed by atoms with Gasteiger partial charge in [0, 0.05) is 26.7 Å². The van der Waals surface area contributed by atoms with Crippen LogP contribution in [0.15, 0.2) is 0 Å². The summed E-state index contributed by atoms with van der Waals surface area (Å²) in [5, 5.41) is 0. The average molecular weight is 213 g/mol. The van der Waals surface area contributed by atoms with Gasteiger partial charge in [0.2, 0.25) is 0 Å². The second kappa shape index (κ2) is 4.84. The van der Waals surface area contributed by atoms with Crippen LogP contribution in [-0.4, -0.2) is 47.7 Å². The van der Waals surface area contributed by atoms with Gasteiger partial charge in [0.15, 0.2) is 0 Å². The molecule has 1 fully saturated rings. The summed E-state index contributed by atoms with van der Waals surface area (Å²) in [5.74, 6) is 0. The van der Waals surface area contributed by atoms with Gasteiger partial charge in [0.05, 0.1) is 0 Å². The molecule has 1 aliphatic heterocycles. The maximum atomic E-state index is 11.7. The van der Waals surface area contributed by atoms with Gasteiger partial charge in [-0.1, -0.05) is 0 Å². The van der Waals surface area contributed by atoms with Crippen molar-refractivity contribution in [1.29, 1.82) is 0 Å². The number of carbonyl (C=O) groups is 1. The third-order valence-electron chi connectivity index (χ3n) is 2.24. The van der Waals surface area contributed by atoms with Gasteiger partial charge in [-0.2, -0.15) is 0 Å². The summed E-state index contributed by atoms with van der Waals surface area (Å²) in [6, 6.07) is 0. The van der Waals surface area contributed by atoms with Crippen LogP contribution in [-0.2, 0) is 4.74 Å². The first kappa shape index (κ1) is 12.3. The molecule has 4 nitrogen and oxygen atoms in total. The second-order valence-corrected chi connectivity index (χ2v) is 4.94. The Hall–Kier alpha value is -0.770. The lowest BCUT2D eigenvalue weighted by molar-refractivity contribution is 0.0259.